The smallest absolute Gasteiger partial charge is 0.222 e. The van der Waals surface area contributed by atoms with Crippen molar-refractivity contribution < 1.29 is 14.6 Å². The molecule has 8 heteroatoms. The molecule has 1 atom stereocenters. The van der Waals surface area contributed by atoms with Crippen molar-refractivity contribution in [2.75, 3.05) is 45.2 Å². The normalized spacial score (nSPS) is 14.1. The third-order valence-corrected chi connectivity index (χ3v) is 6.85. The molecule has 0 spiro atoms. The van der Waals surface area contributed by atoms with Crippen molar-refractivity contribution in [3.8, 4) is 28.4 Å². The quantitative estimate of drug-likeness (QED) is 0.237. The third-order valence-electron chi connectivity index (χ3n) is 6.85. The minimum atomic E-state index is -0.601. The number of amides is 1. The van der Waals surface area contributed by atoms with Crippen LogP contribution in [-0.4, -0.2) is 71.8 Å². The summed E-state index contributed by atoms with van der Waals surface area (Å²) >= 11 is 0. The van der Waals surface area contributed by atoms with Crippen LogP contribution in [-0.2, 0) is 4.79 Å². The number of rotatable bonds is 12. The lowest BCUT2D eigenvalue weighted by molar-refractivity contribution is -0.127. The summed E-state index contributed by atoms with van der Waals surface area (Å²) in [5.74, 6) is 2.20. The van der Waals surface area contributed by atoms with Gasteiger partial charge in [0.2, 0.25) is 5.91 Å². The molecule has 3 N–H and O–H groups in total. The summed E-state index contributed by atoms with van der Waals surface area (Å²) in [7, 11) is 1.79. The highest BCUT2D eigenvalue weighted by molar-refractivity contribution is 5.96. The Labute approximate surface area is 229 Å². The first-order valence-electron chi connectivity index (χ1n) is 13.6. The van der Waals surface area contributed by atoms with Gasteiger partial charge in [0.05, 0.1) is 5.69 Å². The Morgan fingerprint density at radius 2 is 1.90 bits per heavy atom. The van der Waals surface area contributed by atoms with E-state index in [4.69, 9.17) is 14.7 Å². The Balaban J connectivity index is 1.42. The molecule has 39 heavy (non-hydrogen) atoms. The van der Waals surface area contributed by atoms with Crippen LogP contribution in [0.1, 0.15) is 19.3 Å². The fourth-order valence-corrected chi connectivity index (χ4v) is 4.89. The number of carbonyl (C=O) groups excluding carboxylic acids is 1. The van der Waals surface area contributed by atoms with Crippen molar-refractivity contribution in [2.24, 2.45) is 0 Å². The molecule has 202 valence electrons. The summed E-state index contributed by atoms with van der Waals surface area (Å²) in [5.41, 5.74) is 2.68. The molecule has 1 fully saturated rings. The number of likely N-dealkylation sites (tertiary alicyclic amines) is 1. The first kappa shape index (κ1) is 26.6. The summed E-state index contributed by atoms with van der Waals surface area (Å²) in [6.07, 6.45) is 1.85. The maximum atomic E-state index is 12.0. The van der Waals surface area contributed by atoms with Crippen molar-refractivity contribution in [3.63, 3.8) is 0 Å². The fourth-order valence-electron chi connectivity index (χ4n) is 4.89. The number of aromatic nitrogens is 2. The lowest BCUT2D eigenvalue weighted by atomic mass is 10.0. The van der Waals surface area contributed by atoms with Crippen LogP contribution in [0.2, 0.25) is 0 Å². The van der Waals surface area contributed by atoms with E-state index in [1.807, 2.05) is 53.4 Å². The summed E-state index contributed by atoms with van der Waals surface area (Å²) in [6.45, 7) is 2.94. The second-order valence-corrected chi connectivity index (χ2v) is 9.80. The van der Waals surface area contributed by atoms with Crippen molar-refractivity contribution in [3.05, 3.63) is 72.8 Å². The van der Waals surface area contributed by atoms with Crippen LogP contribution in [0.25, 0.3) is 33.4 Å². The average Bonchev–Trinajstić information content (AvgIpc) is 3.38. The van der Waals surface area contributed by atoms with Gasteiger partial charge in [-0.15, -0.1) is 0 Å². The van der Waals surface area contributed by atoms with Gasteiger partial charge in [-0.3, -0.25) is 4.79 Å². The average molecular weight is 526 g/mol. The summed E-state index contributed by atoms with van der Waals surface area (Å²) in [6, 6.07) is 24.1. The Bertz CT molecular complexity index is 1420. The van der Waals surface area contributed by atoms with E-state index in [2.05, 4.69) is 34.9 Å². The van der Waals surface area contributed by atoms with E-state index >= 15 is 0 Å². The molecular weight excluding hydrogens is 490 g/mol. The highest BCUT2D eigenvalue weighted by Gasteiger charge is 2.19. The summed E-state index contributed by atoms with van der Waals surface area (Å²) in [5, 5.41) is 18.7. The maximum absolute atomic E-state index is 12.0. The fraction of sp³-hybridized carbons (Fsp3) is 0.323. The number of hydrogen-bond donors (Lipinski definition) is 3. The van der Waals surface area contributed by atoms with Crippen molar-refractivity contribution in [1.29, 1.82) is 0 Å². The number of ether oxygens (including phenoxy) is 1. The molecule has 0 radical (unpaired) electrons. The van der Waals surface area contributed by atoms with Crippen molar-refractivity contribution >= 4 is 22.5 Å². The molecule has 1 amide bonds. The van der Waals surface area contributed by atoms with Gasteiger partial charge in [-0.05, 0) is 42.8 Å². The molecule has 5 rings (SSSR count). The van der Waals surface area contributed by atoms with Gasteiger partial charge in [0.15, 0.2) is 5.82 Å². The Kier molecular flexibility index (Phi) is 8.65. The molecule has 0 bridgehead atoms. The van der Waals surface area contributed by atoms with E-state index < -0.39 is 6.10 Å². The first-order chi connectivity index (χ1) is 19.1. The molecule has 8 nitrogen and oxygen atoms in total. The number of anilines is 1. The number of aliphatic hydroxyl groups excluding tert-OH is 1. The minimum Gasteiger partial charge on any atom is -0.491 e. The van der Waals surface area contributed by atoms with Gasteiger partial charge in [-0.1, -0.05) is 54.6 Å². The standard InChI is InChI=1S/C31H35N5O3/c1-32-20-24(37)21-39-25-11-4-10-23(18-25)31-34-28(27-13-5-9-22-8-2-3-12-26(22)27)19-29(35-31)33-15-7-17-36-16-6-14-30(36)38/h2-5,8-13,18-19,24,32,37H,6-7,14-17,20-21H2,1H3,(H,33,34,35). The van der Waals surface area contributed by atoms with E-state index in [9.17, 15) is 9.90 Å². The van der Waals surface area contributed by atoms with Crippen LogP contribution in [0, 0.1) is 0 Å². The van der Waals surface area contributed by atoms with Crippen LogP contribution in [0.5, 0.6) is 5.75 Å². The predicted molar refractivity (Wildman–Crippen MR) is 155 cm³/mol. The molecule has 0 saturated carbocycles. The Hall–Kier alpha value is -4.01. The van der Waals surface area contributed by atoms with E-state index in [0.29, 0.717) is 31.1 Å². The zero-order valence-electron chi connectivity index (χ0n) is 22.3. The molecule has 1 unspecified atom stereocenters. The van der Waals surface area contributed by atoms with E-state index in [-0.39, 0.29) is 12.5 Å². The zero-order chi connectivity index (χ0) is 27.0. The molecule has 1 aromatic heterocycles. The molecule has 4 aromatic rings. The van der Waals surface area contributed by atoms with Gasteiger partial charge in [0, 0.05) is 49.8 Å². The number of fused-ring (bicyclic) bond motifs is 1. The second kappa shape index (κ2) is 12.7. The number of carbonyl (C=O) groups is 1. The highest BCUT2D eigenvalue weighted by Crippen LogP contribution is 2.31. The van der Waals surface area contributed by atoms with Crippen LogP contribution in [0.15, 0.2) is 72.8 Å². The van der Waals surface area contributed by atoms with E-state index in [1.165, 1.54) is 0 Å². The number of hydrogen-bond acceptors (Lipinski definition) is 7. The molecule has 1 aliphatic rings. The number of nitrogens with one attached hydrogen (secondary N) is 2. The van der Waals surface area contributed by atoms with Crippen LogP contribution >= 0.6 is 0 Å². The lowest BCUT2D eigenvalue weighted by Gasteiger charge is -2.16. The maximum Gasteiger partial charge on any atom is 0.222 e. The third kappa shape index (κ3) is 6.71. The van der Waals surface area contributed by atoms with Gasteiger partial charge in [0.1, 0.15) is 24.3 Å². The lowest BCUT2D eigenvalue weighted by Crippen LogP contribution is -2.29. The van der Waals surface area contributed by atoms with Crippen LogP contribution in [0.3, 0.4) is 0 Å². The first-order valence-corrected chi connectivity index (χ1v) is 13.6. The number of nitrogens with zero attached hydrogens (tertiary/aromatic N) is 3. The Morgan fingerprint density at radius 1 is 1.05 bits per heavy atom. The van der Waals surface area contributed by atoms with Gasteiger partial charge in [-0.25, -0.2) is 9.97 Å². The topological polar surface area (TPSA) is 99.6 Å². The highest BCUT2D eigenvalue weighted by atomic mass is 16.5. The molecule has 2 heterocycles. The summed E-state index contributed by atoms with van der Waals surface area (Å²) < 4.78 is 5.83. The largest absolute Gasteiger partial charge is 0.491 e. The molecule has 0 aliphatic carbocycles. The minimum absolute atomic E-state index is 0.188. The molecular formula is C31H35N5O3. The van der Waals surface area contributed by atoms with Crippen molar-refractivity contribution in [1.82, 2.24) is 20.2 Å². The van der Waals surface area contributed by atoms with Gasteiger partial charge in [0.25, 0.3) is 0 Å². The molecule has 3 aromatic carbocycles. The van der Waals surface area contributed by atoms with Crippen molar-refractivity contribution in [2.45, 2.75) is 25.4 Å². The number of aliphatic hydroxyl groups is 1. The molecule has 1 aliphatic heterocycles. The van der Waals surface area contributed by atoms with Crippen LogP contribution < -0.4 is 15.4 Å². The van der Waals surface area contributed by atoms with Crippen LogP contribution in [0.4, 0.5) is 5.82 Å². The monoisotopic (exact) mass is 525 g/mol. The van der Waals surface area contributed by atoms with Gasteiger partial charge < -0.3 is 25.4 Å². The number of benzene rings is 3. The molecule has 1 saturated heterocycles. The van der Waals surface area contributed by atoms with Gasteiger partial charge >= 0.3 is 0 Å². The SMILES string of the molecule is CNCC(O)COc1cccc(-c2nc(NCCCN3CCCC3=O)cc(-c3cccc4ccccc34)n2)c1. The second-order valence-electron chi connectivity index (χ2n) is 9.80. The predicted octanol–water partition coefficient (Wildman–Crippen LogP) is 4.35. The van der Waals surface area contributed by atoms with E-state index in [0.717, 1.165) is 59.3 Å². The van der Waals surface area contributed by atoms with Gasteiger partial charge in [-0.2, -0.15) is 0 Å². The summed E-state index contributed by atoms with van der Waals surface area (Å²) in [4.78, 5) is 23.7. The zero-order valence-corrected chi connectivity index (χ0v) is 22.3. The van der Waals surface area contributed by atoms with E-state index in [1.54, 1.807) is 7.05 Å². The number of likely N-dealkylation sites (N-methyl/N-ethyl adjacent to an activating group) is 1. The Morgan fingerprint density at radius 3 is 2.74 bits per heavy atom.